The minimum Gasteiger partial charge on any atom is -0.494 e. The number of hydrogen-bond donors (Lipinski definition) is 0. The molecule has 2 heterocycles. The van der Waals surface area contributed by atoms with Crippen LogP contribution < -0.4 is 18.9 Å². The minimum absolute atomic E-state index is 0.771. The van der Waals surface area contributed by atoms with Gasteiger partial charge >= 0.3 is 0 Å². The molecular formula is C70H100O4S4. The predicted molar refractivity (Wildman–Crippen MR) is 349 cm³/mol. The van der Waals surface area contributed by atoms with Crippen LogP contribution in [0.4, 0.5) is 0 Å². The summed E-state index contributed by atoms with van der Waals surface area (Å²) in [6, 6.07) is 35.5. The molecule has 0 aromatic heterocycles. The Kier molecular flexibility index (Phi) is 32.7. The van der Waals surface area contributed by atoms with Crippen molar-refractivity contribution in [3.05, 3.63) is 128 Å². The third kappa shape index (κ3) is 24.0. The van der Waals surface area contributed by atoms with Crippen LogP contribution in [0.25, 0.3) is 19.6 Å². The van der Waals surface area contributed by atoms with E-state index in [1.165, 1.54) is 230 Å². The van der Waals surface area contributed by atoms with Crippen LogP contribution >= 0.6 is 47.0 Å². The molecule has 0 aliphatic carbocycles. The van der Waals surface area contributed by atoms with Crippen molar-refractivity contribution in [2.75, 3.05) is 26.4 Å². The Morgan fingerprint density at radius 2 is 0.385 bits per heavy atom. The number of thioether (sulfide) groups is 4. The van der Waals surface area contributed by atoms with Gasteiger partial charge in [0.25, 0.3) is 0 Å². The molecule has 0 atom stereocenters. The van der Waals surface area contributed by atoms with Crippen molar-refractivity contribution in [3.8, 4) is 23.0 Å². The first-order valence-electron chi connectivity index (χ1n) is 31.5. The molecule has 0 N–H and O–H groups in total. The van der Waals surface area contributed by atoms with Gasteiger partial charge in [0.15, 0.2) is 0 Å². The molecule has 4 aromatic carbocycles. The van der Waals surface area contributed by atoms with Gasteiger partial charge in [-0.3, -0.25) is 0 Å². The summed E-state index contributed by atoms with van der Waals surface area (Å²) in [5.41, 5.74) is 4.89. The SMILES string of the molecule is CCCCCCCCCCOc1ccc(C2=C(c3ccc(OCCCCCCCCCC)cc3)SC(=C3SC(c4ccc(OCCCCCCCCCC)cc4)=C(c4ccc(OCCCCCCCCCC)cc4)S3)S2)cc1. The van der Waals surface area contributed by atoms with Gasteiger partial charge in [0.1, 0.15) is 23.0 Å². The highest BCUT2D eigenvalue weighted by Crippen LogP contribution is 2.66. The first kappa shape index (κ1) is 63.9. The number of benzene rings is 4. The lowest BCUT2D eigenvalue weighted by molar-refractivity contribution is 0.304. The molecule has 0 amide bonds. The molecule has 0 radical (unpaired) electrons. The number of rotatable bonds is 44. The van der Waals surface area contributed by atoms with Gasteiger partial charge in [0.2, 0.25) is 0 Å². The van der Waals surface area contributed by atoms with Crippen LogP contribution in [0.5, 0.6) is 23.0 Å². The average molecular weight is 1130 g/mol. The molecule has 4 nitrogen and oxygen atoms in total. The zero-order valence-electron chi connectivity index (χ0n) is 49.0. The van der Waals surface area contributed by atoms with Crippen molar-refractivity contribution < 1.29 is 18.9 Å². The fraction of sp³-hybridized carbons (Fsp3) is 0.571. The van der Waals surface area contributed by atoms with Crippen molar-refractivity contribution in [1.82, 2.24) is 0 Å². The van der Waals surface area contributed by atoms with E-state index >= 15 is 0 Å². The van der Waals surface area contributed by atoms with Crippen LogP contribution in [0.15, 0.2) is 106 Å². The zero-order chi connectivity index (χ0) is 54.5. The van der Waals surface area contributed by atoms with Crippen molar-refractivity contribution in [2.45, 2.75) is 233 Å². The van der Waals surface area contributed by atoms with Crippen molar-refractivity contribution in [1.29, 1.82) is 0 Å². The summed E-state index contributed by atoms with van der Waals surface area (Å²) in [5, 5.41) is 0. The van der Waals surface area contributed by atoms with Gasteiger partial charge in [0.05, 0.1) is 34.9 Å². The van der Waals surface area contributed by atoms with Crippen LogP contribution in [-0.2, 0) is 0 Å². The van der Waals surface area contributed by atoms with Gasteiger partial charge in [-0.1, -0.05) is 303 Å². The molecule has 2 aliphatic heterocycles. The summed E-state index contributed by atoms with van der Waals surface area (Å²) in [6.07, 6.45) is 41.6. The van der Waals surface area contributed by atoms with Gasteiger partial charge in [-0.15, -0.1) is 0 Å². The lowest BCUT2D eigenvalue weighted by Crippen LogP contribution is -1.97. The summed E-state index contributed by atoms with van der Waals surface area (Å²) < 4.78 is 27.9. The Morgan fingerprint density at radius 1 is 0.218 bits per heavy atom. The molecule has 0 saturated heterocycles. The molecule has 8 heteroatoms. The molecule has 0 bridgehead atoms. The van der Waals surface area contributed by atoms with E-state index in [-0.39, 0.29) is 0 Å². The quantitative estimate of drug-likeness (QED) is 0.0406. The Bertz CT molecular complexity index is 1980. The minimum atomic E-state index is 0.771. The van der Waals surface area contributed by atoms with E-state index in [1.807, 2.05) is 47.0 Å². The van der Waals surface area contributed by atoms with Crippen LogP contribution in [0, 0.1) is 0 Å². The van der Waals surface area contributed by atoms with Gasteiger partial charge in [0, 0.05) is 19.6 Å². The first-order valence-corrected chi connectivity index (χ1v) is 34.7. The average Bonchev–Trinajstić information content (AvgIpc) is 4.19. The second-order valence-electron chi connectivity index (χ2n) is 21.7. The lowest BCUT2D eigenvalue weighted by Gasteiger charge is -2.10. The van der Waals surface area contributed by atoms with Gasteiger partial charge in [-0.05, 0) is 96.5 Å². The maximum atomic E-state index is 6.31. The maximum Gasteiger partial charge on any atom is 0.119 e. The summed E-state index contributed by atoms with van der Waals surface area (Å²) in [5.74, 6) is 3.80. The normalized spacial score (nSPS) is 13.6. The fourth-order valence-electron chi connectivity index (χ4n) is 10.0. The third-order valence-corrected chi connectivity index (χ3v) is 20.8. The standard InChI is InChI=1S/C70H100O4S4/c1-5-9-13-17-21-25-29-33-53-71-61-45-37-57(38-46-61)65-66(58-39-47-62(48-40-58)72-54-34-30-26-22-18-14-10-6-2)76-69(75-65)70-77-67(59-41-49-63(50-42-59)73-55-35-31-27-23-19-15-11-7-3)68(78-70)60-43-51-64(52-44-60)74-56-36-32-28-24-20-16-12-8-4/h37-52H,5-36,53-56H2,1-4H3. The monoisotopic (exact) mass is 1130 g/mol. The second kappa shape index (κ2) is 40.0. The summed E-state index contributed by atoms with van der Waals surface area (Å²) in [4.78, 5) is 5.16. The van der Waals surface area contributed by atoms with Crippen molar-refractivity contribution in [2.24, 2.45) is 0 Å². The van der Waals surface area contributed by atoms with E-state index in [1.54, 1.807) is 0 Å². The molecular weight excluding hydrogens is 1030 g/mol. The molecule has 0 saturated carbocycles. The van der Waals surface area contributed by atoms with Crippen LogP contribution in [-0.4, -0.2) is 26.4 Å². The van der Waals surface area contributed by atoms with Crippen LogP contribution in [0.1, 0.15) is 255 Å². The van der Waals surface area contributed by atoms with Crippen molar-refractivity contribution in [3.63, 3.8) is 0 Å². The van der Waals surface area contributed by atoms with E-state index < -0.39 is 0 Å². The summed E-state index contributed by atoms with van der Waals surface area (Å²) in [7, 11) is 0. The van der Waals surface area contributed by atoms with E-state index in [0.29, 0.717) is 0 Å². The molecule has 78 heavy (non-hydrogen) atoms. The van der Waals surface area contributed by atoms with E-state index in [2.05, 4.69) is 125 Å². The van der Waals surface area contributed by atoms with Crippen LogP contribution in [0.2, 0.25) is 0 Å². The molecule has 0 unspecified atom stereocenters. The fourth-order valence-corrected chi connectivity index (χ4v) is 15.8. The molecule has 428 valence electrons. The predicted octanol–water partition coefficient (Wildman–Crippen LogP) is 24.2. The van der Waals surface area contributed by atoms with E-state index in [0.717, 1.165) is 75.1 Å². The summed E-state index contributed by atoms with van der Waals surface area (Å²) >= 11 is 7.66. The Balaban J connectivity index is 1.16. The highest BCUT2D eigenvalue weighted by molar-refractivity contribution is 8.39. The maximum absolute atomic E-state index is 6.31. The number of ether oxygens (including phenoxy) is 4. The molecule has 2 aliphatic rings. The topological polar surface area (TPSA) is 36.9 Å². The number of hydrogen-bond acceptors (Lipinski definition) is 8. The first-order chi connectivity index (χ1) is 38.6. The van der Waals surface area contributed by atoms with E-state index in [4.69, 9.17) is 18.9 Å². The molecule has 6 rings (SSSR count). The van der Waals surface area contributed by atoms with E-state index in [9.17, 15) is 0 Å². The molecule has 0 fully saturated rings. The van der Waals surface area contributed by atoms with Crippen LogP contribution in [0.3, 0.4) is 0 Å². The molecule has 0 spiro atoms. The lowest BCUT2D eigenvalue weighted by atomic mass is 10.1. The zero-order valence-corrected chi connectivity index (χ0v) is 52.2. The third-order valence-electron chi connectivity index (χ3n) is 14.9. The molecule has 4 aromatic rings. The van der Waals surface area contributed by atoms with Crippen molar-refractivity contribution >= 4 is 66.7 Å². The Morgan fingerprint density at radius 3 is 0.564 bits per heavy atom. The highest BCUT2D eigenvalue weighted by atomic mass is 32.2. The Labute approximate surface area is 492 Å². The van der Waals surface area contributed by atoms with Gasteiger partial charge in [-0.2, -0.15) is 0 Å². The summed E-state index contributed by atoms with van der Waals surface area (Å²) in [6.45, 7) is 12.2. The smallest absolute Gasteiger partial charge is 0.119 e. The highest BCUT2D eigenvalue weighted by Gasteiger charge is 2.32. The largest absolute Gasteiger partial charge is 0.494 e. The second-order valence-corrected chi connectivity index (χ2v) is 26.3. The number of unbranched alkanes of at least 4 members (excludes halogenated alkanes) is 28. The Hall–Kier alpha value is -3.30. The van der Waals surface area contributed by atoms with Gasteiger partial charge < -0.3 is 18.9 Å². The van der Waals surface area contributed by atoms with Gasteiger partial charge in [-0.25, -0.2) is 0 Å².